The summed E-state index contributed by atoms with van der Waals surface area (Å²) in [6.07, 6.45) is -0.847. The van der Waals surface area contributed by atoms with Crippen LogP contribution in [0.25, 0.3) is 11.1 Å². The van der Waals surface area contributed by atoms with Crippen molar-refractivity contribution < 1.29 is 27.7 Å². The Morgan fingerprint density at radius 3 is 2.00 bits per heavy atom. The van der Waals surface area contributed by atoms with Gasteiger partial charge in [-0.1, -0.05) is 62.4 Å². The van der Waals surface area contributed by atoms with Crippen molar-refractivity contribution in [2.75, 3.05) is 13.7 Å². The molecule has 0 aliphatic heterocycles. The van der Waals surface area contributed by atoms with Crippen molar-refractivity contribution in [3.63, 3.8) is 0 Å². The molecule has 1 aliphatic carbocycles. The van der Waals surface area contributed by atoms with Crippen LogP contribution in [-0.4, -0.2) is 49.3 Å². The molecule has 4 rings (SSSR count). The molecule has 0 spiro atoms. The lowest BCUT2D eigenvalue weighted by Gasteiger charge is -2.26. The number of carbonyl (C=O) groups is 2. The molecule has 0 aromatic heterocycles. The summed E-state index contributed by atoms with van der Waals surface area (Å²) in [6, 6.07) is 18.8. The van der Waals surface area contributed by atoms with Crippen LogP contribution in [0.3, 0.4) is 0 Å². The van der Waals surface area contributed by atoms with Gasteiger partial charge in [-0.05, 0) is 40.3 Å². The van der Waals surface area contributed by atoms with Crippen molar-refractivity contribution in [3.8, 4) is 11.1 Å². The summed E-state index contributed by atoms with van der Waals surface area (Å²) in [7, 11) is -3.24. The predicted octanol–water partition coefficient (Wildman–Crippen LogP) is 4.31. The molecule has 3 aromatic rings. The van der Waals surface area contributed by atoms with E-state index in [-0.39, 0.29) is 23.1 Å². The molecule has 0 bridgehead atoms. The average molecular weight is 538 g/mol. The standard InChI is InChI=1S/C27H27N3O7S/c1-17(2)25(26(31)29(3)38(35,36)19-14-12-18(13-15-19)30(33)34)28-27(32)37-16-24-22-10-6-4-8-20(22)21-9-5-7-11-23(21)24/h4-15,17,24-25H,16H2,1-3H3,(H,28,32)/t25-/m0/s1. The minimum Gasteiger partial charge on any atom is -0.449 e. The van der Waals surface area contributed by atoms with E-state index < -0.39 is 38.9 Å². The third kappa shape index (κ3) is 5.10. The second-order valence-corrected chi connectivity index (χ2v) is 11.2. The Bertz CT molecular complexity index is 1440. The van der Waals surface area contributed by atoms with Gasteiger partial charge in [0.05, 0.1) is 9.82 Å². The Morgan fingerprint density at radius 2 is 1.50 bits per heavy atom. The molecule has 3 aromatic carbocycles. The molecule has 2 amide bonds. The van der Waals surface area contributed by atoms with Crippen molar-refractivity contribution in [1.82, 2.24) is 9.62 Å². The van der Waals surface area contributed by atoms with E-state index in [0.29, 0.717) is 4.31 Å². The lowest BCUT2D eigenvalue weighted by molar-refractivity contribution is -0.384. The molecule has 198 valence electrons. The molecule has 38 heavy (non-hydrogen) atoms. The van der Waals surface area contributed by atoms with Crippen LogP contribution in [0.15, 0.2) is 77.7 Å². The molecule has 0 fully saturated rings. The van der Waals surface area contributed by atoms with E-state index in [1.54, 1.807) is 13.8 Å². The predicted molar refractivity (Wildman–Crippen MR) is 140 cm³/mol. The topological polar surface area (TPSA) is 136 Å². The first-order valence-electron chi connectivity index (χ1n) is 11.9. The minimum absolute atomic E-state index is 0.0375. The molecule has 1 N–H and O–H groups in total. The zero-order chi connectivity index (χ0) is 27.6. The number of amides is 2. The maximum absolute atomic E-state index is 13.2. The van der Waals surface area contributed by atoms with Gasteiger partial charge < -0.3 is 10.1 Å². The molecular weight excluding hydrogens is 510 g/mol. The van der Waals surface area contributed by atoms with E-state index in [2.05, 4.69) is 5.32 Å². The fraction of sp³-hybridized carbons (Fsp3) is 0.259. The van der Waals surface area contributed by atoms with E-state index in [1.807, 2.05) is 48.5 Å². The van der Waals surface area contributed by atoms with E-state index >= 15 is 0 Å². The smallest absolute Gasteiger partial charge is 0.407 e. The Morgan fingerprint density at radius 1 is 0.974 bits per heavy atom. The monoisotopic (exact) mass is 537 g/mol. The van der Waals surface area contributed by atoms with Crippen LogP contribution in [0.5, 0.6) is 0 Å². The maximum atomic E-state index is 13.2. The summed E-state index contributed by atoms with van der Waals surface area (Å²) in [6.45, 7) is 3.37. The number of sulfonamides is 1. The van der Waals surface area contributed by atoms with Gasteiger partial charge in [0.1, 0.15) is 12.6 Å². The van der Waals surface area contributed by atoms with Gasteiger partial charge in [0, 0.05) is 25.1 Å². The number of non-ortho nitro benzene ring substituents is 1. The van der Waals surface area contributed by atoms with Gasteiger partial charge in [-0.25, -0.2) is 17.5 Å². The van der Waals surface area contributed by atoms with Gasteiger partial charge in [0.25, 0.3) is 21.6 Å². The number of alkyl carbamates (subject to hydrolysis) is 1. The van der Waals surface area contributed by atoms with Crippen LogP contribution in [-0.2, 0) is 19.6 Å². The van der Waals surface area contributed by atoms with Crippen LogP contribution < -0.4 is 5.32 Å². The van der Waals surface area contributed by atoms with Crippen LogP contribution in [0.2, 0.25) is 0 Å². The van der Waals surface area contributed by atoms with Gasteiger partial charge in [0.15, 0.2) is 0 Å². The number of ether oxygens (including phenoxy) is 1. The number of nitrogens with zero attached hydrogens (tertiary/aromatic N) is 2. The first-order chi connectivity index (χ1) is 18.0. The van der Waals surface area contributed by atoms with Crippen molar-refractivity contribution in [2.45, 2.75) is 30.7 Å². The zero-order valence-corrected chi connectivity index (χ0v) is 21.8. The van der Waals surface area contributed by atoms with E-state index in [1.165, 1.54) is 0 Å². The van der Waals surface area contributed by atoms with Crippen molar-refractivity contribution in [2.24, 2.45) is 5.92 Å². The highest BCUT2D eigenvalue weighted by atomic mass is 32.2. The molecule has 0 saturated heterocycles. The largest absolute Gasteiger partial charge is 0.449 e. The Balaban J connectivity index is 1.46. The Hall–Kier alpha value is -4.25. The van der Waals surface area contributed by atoms with E-state index in [4.69, 9.17) is 4.74 Å². The number of hydrogen-bond acceptors (Lipinski definition) is 7. The van der Waals surface area contributed by atoms with Gasteiger partial charge in [0.2, 0.25) is 0 Å². The van der Waals surface area contributed by atoms with Crippen molar-refractivity contribution in [3.05, 3.63) is 94.0 Å². The maximum Gasteiger partial charge on any atom is 0.407 e. The highest BCUT2D eigenvalue weighted by molar-refractivity contribution is 7.89. The van der Waals surface area contributed by atoms with E-state index in [0.717, 1.165) is 53.6 Å². The van der Waals surface area contributed by atoms with Crippen LogP contribution in [0, 0.1) is 16.0 Å². The Kier molecular flexibility index (Phi) is 7.49. The minimum atomic E-state index is -4.32. The summed E-state index contributed by atoms with van der Waals surface area (Å²) < 4.78 is 32.0. The summed E-state index contributed by atoms with van der Waals surface area (Å²) in [5.74, 6) is -1.50. The lowest BCUT2D eigenvalue weighted by atomic mass is 9.98. The number of hydrogen-bond donors (Lipinski definition) is 1. The second kappa shape index (κ2) is 10.6. The molecule has 11 heteroatoms. The average Bonchev–Trinajstić information content (AvgIpc) is 3.23. The summed E-state index contributed by atoms with van der Waals surface area (Å²) in [5, 5.41) is 13.4. The SMILES string of the molecule is CC(C)[C@H](NC(=O)OCC1c2ccccc2-c2ccccc21)C(=O)N(C)S(=O)(=O)c1ccc([N+](=O)[O-])cc1. The Labute approximate surface area is 220 Å². The highest BCUT2D eigenvalue weighted by Crippen LogP contribution is 2.44. The quantitative estimate of drug-likeness (QED) is 0.334. The van der Waals surface area contributed by atoms with Crippen molar-refractivity contribution in [1.29, 1.82) is 0 Å². The number of fused-ring (bicyclic) bond motifs is 3. The van der Waals surface area contributed by atoms with Gasteiger partial charge in [-0.15, -0.1) is 0 Å². The number of nitrogens with one attached hydrogen (secondary N) is 1. The molecule has 1 aliphatic rings. The number of carbonyl (C=O) groups excluding carboxylic acids is 2. The first kappa shape index (κ1) is 26.8. The van der Waals surface area contributed by atoms with Gasteiger partial charge in [-0.2, -0.15) is 0 Å². The van der Waals surface area contributed by atoms with Gasteiger partial charge in [-0.3, -0.25) is 14.9 Å². The van der Waals surface area contributed by atoms with E-state index in [9.17, 15) is 28.1 Å². The third-order valence-corrected chi connectivity index (χ3v) is 8.33. The molecule has 1 atom stereocenters. The summed E-state index contributed by atoms with van der Waals surface area (Å²) >= 11 is 0. The number of nitro benzene ring substituents is 1. The highest BCUT2D eigenvalue weighted by Gasteiger charge is 2.35. The number of benzene rings is 3. The fourth-order valence-corrected chi connectivity index (χ4v) is 5.64. The molecular formula is C27H27N3O7S. The van der Waals surface area contributed by atoms with Crippen LogP contribution in [0.4, 0.5) is 10.5 Å². The first-order valence-corrected chi connectivity index (χ1v) is 13.3. The third-order valence-electron chi connectivity index (χ3n) is 6.57. The second-order valence-electron chi connectivity index (χ2n) is 9.25. The number of rotatable bonds is 8. The lowest BCUT2D eigenvalue weighted by Crippen LogP contribution is -2.51. The molecule has 0 saturated carbocycles. The fourth-order valence-electron chi connectivity index (χ4n) is 4.49. The van der Waals surface area contributed by atoms with Gasteiger partial charge >= 0.3 is 6.09 Å². The number of nitro groups is 1. The normalized spacial score (nSPS) is 13.4. The zero-order valence-electron chi connectivity index (χ0n) is 21.0. The van der Waals surface area contributed by atoms with Crippen LogP contribution >= 0.6 is 0 Å². The van der Waals surface area contributed by atoms with Crippen LogP contribution in [0.1, 0.15) is 30.9 Å². The summed E-state index contributed by atoms with van der Waals surface area (Å²) in [4.78, 5) is 35.9. The van der Waals surface area contributed by atoms with Crippen molar-refractivity contribution >= 4 is 27.7 Å². The molecule has 10 nitrogen and oxygen atoms in total. The molecule has 0 unspecified atom stereocenters. The molecule has 0 radical (unpaired) electrons. The number of likely N-dealkylation sites (N-methyl/N-ethyl adjacent to an activating group) is 1. The molecule has 0 heterocycles. The summed E-state index contributed by atoms with van der Waals surface area (Å²) in [5.41, 5.74) is 3.93.